The highest BCUT2D eigenvalue weighted by Crippen LogP contribution is 2.24. The molecule has 29 heavy (non-hydrogen) atoms. The molecule has 0 saturated heterocycles. The molecule has 0 unspecified atom stereocenters. The zero-order chi connectivity index (χ0) is 21.3. The summed E-state index contributed by atoms with van der Waals surface area (Å²) < 4.78 is 21.9. The molecule has 1 aromatic carbocycles. The van der Waals surface area contributed by atoms with E-state index in [9.17, 15) is 19.1 Å². The van der Waals surface area contributed by atoms with Gasteiger partial charge in [-0.05, 0) is 60.2 Å². The Hall–Kier alpha value is -2.24. The van der Waals surface area contributed by atoms with Gasteiger partial charge in [-0.15, -0.1) is 0 Å². The van der Waals surface area contributed by atoms with E-state index in [1.54, 1.807) is 26.0 Å². The van der Waals surface area contributed by atoms with Crippen LogP contribution >= 0.6 is 22.6 Å². The van der Waals surface area contributed by atoms with E-state index in [1.807, 2.05) is 22.6 Å². The van der Waals surface area contributed by atoms with Gasteiger partial charge in [0.2, 0.25) is 0 Å². The number of hydrogen-bond donors (Lipinski definition) is 2. The summed E-state index contributed by atoms with van der Waals surface area (Å²) in [7, 11) is 1.52. The van der Waals surface area contributed by atoms with Gasteiger partial charge in [0.1, 0.15) is 17.0 Å². The van der Waals surface area contributed by atoms with Crippen LogP contribution in [0.1, 0.15) is 35.5 Å². The molecule has 3 aromatic rings. The van der Waals surface area contributed by atoms with Crippen LogP contribution in [0.5, 0.6) is 0 Å². The predicted molar refractivity (Wildman–Crippen MR) is 113 cm³/mol. The van der Waals surface area contributed by atoms with E-state index in [-0.39, 0.29) is 40.8 Å². The van der Waals surface area contributed by atoms with E-state index >= 15 is 0 Å². The molecule has 0 spiro atoms. The maximum Gasteiger partial charge on any atom is 0.280 e. The molecule has 9 heteroatoms. The summed E-state index contributed by atoms with van der Waals surface area (Å²) in [5.41, 5.74) is 1.70. The fourth-order valence-corrected chi connectivity index (χ4v) is 3.28. The molecule has 0 fully saturated rings. The number of fused-ring (bicyclic) bond motifs is 1. The predicted octanol–water partition coefficient (Wildman–Crippen LogP) is 2.90. The van der Waals surface area contributed by atoms with Crippen LogP contribution in [0.15, 0.2) is 39.7 Å². The maximum atomic E-state index is 14.4. The van der Waals surface area contributed by atoms with Gasteiger partial charge in [0.15, 0.2) is 5.58 Å². The minimum Gasteiger partial charge on any atom is -0.463 e. The van der Waals surface area contributed by atoms with Crippen molar-refractivity contribution in [1.82, 2.24) is 10.0 Å². The minimum atomic E-state index is -1.01. The van der Waals surface area contributed by atoms with Crippen molar-refractivity contribution in [2.45, 2.75) is 25.9 Å². The Morgan fingerprint density at radius 1 is 1.38 bits per heavy atom. The summed E-state index contributed by atoms with van der Waals surface area (Å²) in [6, 6.07) is 6.21. The number of carbonyl (C=O) groups is 1. The lowest BCUT2D eigenvalue weighted by molar-refractivity contribution is -0.0956. The van der Waals surface area contributed by atoms with Crippen LogP contribution in [0, 0.1) is 9.39 Å². The summed E-state index contributed by atoms with van der Waals surface area (Å²) in [5, 5.41) is 9.54. The number of carbonyl (C=O) groups excluding carboxylic acids is 1. The van der Waals surface area contributed by atoms with Crippen molar-refractivity contribution in [3.05, 3.63) is 67.1 Å². The van der Waals surface area contributed by atoms with Crippen molar-refractivity contribution in [2.75, 3.05) is 6.61 Å². The van der Waals surface area contributed by atoms with Gasteiger partial charge in [0.05, 0.1) is 18.3 Å². The largest absolute Gasteiger partial charge is 0.463 e. The molecule has 0 atom stereocenters. The Balaban J connectivity index is 2.12. The van der Waals surface area contributed by atoms with Crippen LogP contribution in [0.25, 0.3) is 11.0 Å². The molecule has 2 heterocycles. The van der Waals surface area contributed by atoms with E-state index in [4.69, 9.17) is 9.25 Å². The molecule has 7 nitrogen and oxygen atoms in total. The van der Waals surface area contributed by atoms with Gasteiger partial charge >= 0.3 is 0 Å². The second-order valence-electron chi connectivity index (χ2n) is 7.21. The van der Waals surface area contributed by atoms with Crippen LogP contribution in [0.4, 0.5) is 4.39 Å². The highest BCUT2D eigenvalue weighted by atomic mass is 127. The van der Waals surface area contributed by atoms with E-state index in [0.717, 1.165) is 3.57 Å². The normalized spacial score (nSPS) is 11.8. The molecule has 154 valence electrons. The van der Waals surface area contributed by atoms with Gasteiger partial charge in [-0.25, -0.2) is 9.87 Å². The lowest BCUT2D eigenvalue weighted by Gasteiger charge is -2.22. The summed E-state index contributed by atoms with van der Waals surface area (Å²) in [6.07, 6.45) is 1.31. The van der Waals surface area contributed by atoms with Crippen LogP contribution < -0.4 is 11.0 Å². The second kappa shape index (κ2) is 8.25. The zero-order valence-electron chi connectivity index (χ0n) is 16.1. The third kappa shape index (κ3) is 4.36. The van der Waals surface area contributed by atoms with Gasteiger partial charge in [0.25, 0.3) is 11.5 Å². The van der Waals surface area contributed by atoms with Crippen molar-refractivity contribution >= 4 is 39.5 Å². The van der Waals surface area contributed by atoms with Crippen molar-refractivity contribution in [3.63, 3.8) is 0 Å². The fraction of sp³-hybridized carbons (Fsp3) is 0.300. The molecule has 2 N–H and O–H groups in total. The molecule has 0 radical (unpaired) electrons. The quantitative estimate of drug-likeness (QED) is 0.390. The van der Waals surface area contributed by atoms with Crippen LogP contribution in [0.2, 0.25) is 0 Å². The Labute approximate surface area is 179 Å². The molecule has 1 amide bonds. The molecule has 0 aliphatic heterocycles. The molecule has 3 rings (SSSR count). The van der Waals surface area contributed by atoms with E-state index in [1.165, 1.54) is 30.0 Å². The van der Waals surface area contributed by atoms with E-state index in [0.29, 0.717) is 5.56 Å². The van der Waals surface area contributed by atoms with Gasteiger partial charge < -0.3 is 14.1 Å². The lowest BCUT2D eigenvalue weighted by atomic mass is 10.0. The first-order chi connectivity index (χ1) is 13.6. The average Bonchev–Trinajstić information content (AvgIpc) is 3.15. The number of halogens is 2. The van der Waals surface area contributed by atoms with Crippen LogP contribution in [-0.4, -0.2) is 27.8 Å². The summed E-state index contributed by atoms with van der Waals surface area (Å²) in [4.78, 5) is 30.9. The number of benzene rings is 1. The van der Waals surface area contributed by atoms with Crippen LogP contribution in [0.3, 0.4) is 0 Å². The minimum absolute atomic E-state index is 0.00270. The lowest BCUT2D eigenvalue weighted by Crippen LogP contribution is -2.39. The number of nitrogens with one attached hydrogen (secondary N) is 1. The maximum absolute atomic E-state index is 14.4. The topological polar surface area (TPSA) is 93.7 Å². The van der Waals surface area contributed by atoms with Gasteiger partial charge in [-0.3, -0.25) is 14.4 Å². The van der Waals surface area contributed by atoms with Gasteiger partial charge in [-0.1, -0.05) is 6.07 Å². The highest BCUT2D eigenvalue weighted by Gasteiger charge is 2.26. The Bertz CT molecular complexity index is 1140. The summed E-state index contributed by atoms with van der Waals surface area (Å²) in [6.45, 7) is 2.87. The van der Waals surface area contributed by atoms with Crippen LogP contribution in [-0.2, 0) is 18.3 Å². The van der Waals surface area contributed by atoms with E-state index < -0.39 is 17.3 Å². The number of amides is 1. The molecular formula is C20H20FIN2O5. The number of rotatable bonds is 6. The monoisotopic (exact) mass is 514 g/mol. The first-order valence-electron chi connectivity index (χ1n) is 8.77. The Morgan fingerprint density at radius 2 is 2.10 bits per heavy atom. The molecule has 0 saturated carbocycles. The first-order valence-corrected chi connectivity index (χ1v) is 9.84. The average molecular weight is 514 g/mol. The van der Waals surface area contributed by atoms with Gasteiger partial charge in [-0.2, -0.15) is 0 Å². The number of hydrogen-bond acceptors (Lipinski definition) is 5. The van der Waals surface area contributed by atoms with Gasteiger partial charge in [0, 0.05) is 22.7 Å². The first kappa shape index (κ1) is 21.5. The molecule has 2 aromatic heterocycles. The SMILES string of the molecule is Cn1c(Cc2ccc(I)cc2F)c(C(=O)NOC(C)(C)CO)c2occc2c1=O. The molecule has 0 aliphatic carbocycles. The number of nitrogens with zero attached hydrogens (tertiary/aromatic N) is 1. The van der Waals surface area contributed by atoms with Crippen molar-refractivity contribution in [3.8, 4) is 0 Å². The summed E-state index contributed by atoms with van der Waals surface area (Å²) in [5.74, 6) is -1.10. The standard InChI is InChI=1S/C20H20FIN2O5/c1-20(2,10-25)29-23-18(26)16-15(8-11-4-5-12(22)9-14(11)21)24(3)19(27)13-6-7-28-17(13)16/h4-7,9,25H,8,10H2,1-3H3,(H,23,26). The number of pyridine rings is 1. The Kier molecular flexibility index (Phi) is 6.11. The smallest absolute Gasteiger partial charge is 0.280 e. The summed E-state index contributed by atoms with van der Waals surface area (Å²) >= 11 is 2.00. The zero-order valence-corrected chi connectivity index (χ0v) is 18.2. The van der Waals surface area contributed by atoms with Crippen molar-refractivity contribution in [2.24, 2.45) is 7.05 Å². The molecule has 0 bridgehead atoms. The molecule has 0 aliphatic rings. The third-order valence-electron chi connectivity index (χ3n) is 4.52. The molecular weight excluding hydrogens is 494 g/mol. The number of furan rings is 1. The Morgan fingerprint density at radius 3 is 2.76 bits per heavy atom. The highest BCUT2D eigenvalue weighted by molar-refractivity contribution is 14.1. The number of aliphatic hydroxyl groups excluding tert-OH is 1. The van der Waals surface area contributed by atoms with Crippen molar-refractivity contribution < 1.29 is 23.5 Å². The number of aliphatic hydroxyl groups is 1. The van der Waals surface area contributed by atoms with E-state index in [2.05, 4.69) is 5.48 Å². The number of hydroxylamine groups is 1. The third-order valence-corrected chi connectivity index (χ3v) is 5.19. The van der Waals surface area contributed by atoms with Crippen molar-refractivity contribution in [1.29, 1.82) is 0 Å². The second-order valence-corrected chi connectivity index (χ2v) is 8.46. The number of aromatic nitrogens is 1. The fourth-order valence-electron chi connectivity index (χ4n) is 2.83.